The highest BCUT2D eigenvalue weighted by Crippen LogP contribution is 2.11. The van der Waals surface area contributed by atoms with Crippen molar-refractivity contribution in [2.24, 2.45) is 0 Å². The van der Waals surface area contributed by atoms with E-state index in [1.807, 2.05) is 12.4 Å². The van der Waals surface area contributed by atoms with Gasteiger partial charge in [-0.1, -0.05) is 6.42 Å². The first-order valence-corrected chi connectivity index (χ1v) is 6.20. The topological polar surface area (TPSA) is 19.4 Å². The average Bonchev–Trinajstić information content (AvgIpc) is 2.38. The van der Waals surface area contributed by atoms with Gasteiger partial charge in [0.1, 0.15) is 0 Å². The summed E-state index contributed by atoms with van der Waals surface area (Å²) >= 11 is 0. The fraction of sp³-hybridized carbons (Fsp3) is 0.615. The van der Waals surface area contributed by atoms with E-state index in [0.717, 1.165) is 6.54 Å². The van der Waals surface area contributed by atoms with Crippen LogP contribution in [0.5, 0.6) is 0 Å². The molecule has 112 valence electrons. The third kappa shape index (κ3) is 7.21. The van der Waals surface area contributed by atoms with Crippen LogP contribution in [0.15, 0.2) is 24.5 Å². The van der Waals surface area contributed by atoms with Gasteiger partial charge in [-0.15, -0.1) is 37.2 Å². The van der Waals surface area contributed by atoms with Gasteiger partial charge in [0.15, 0.2) is 0 Å². The molecule has 0 spiro atoms. The monoisotopic (exact) mass is 327 g/mol. The lowest BCUT2D eigenvalue weighted by atomic mass is 10.1. The Morgan fingerprint density at radius 3 is 2.21 bits per heavy atom. The van der Waals surface area contributed by atoms with Crippen LogP contribution >= 0.6 is 37.2 Å². The van der Waals surface area contributed by atoms with Crippen molar-refractivity contribution < 1.29 is 0 Å². The first kappa shape index (κ1) is 21.1. The van der Waals surface area contributed by atoms with E-state index in [0.29, 0.717) is 0 Å². The van der Waals surface area contributed by atoms with Crippen LogP contribution in [-0.4, -0.2) is 43.1 Å². The van der Waals surface area contributed by atoms with Gasteiger partial charge in [-0.3, -0.25) is 4.98 Å². The molecular formula is C13H24Cl3N3. The number of piperidine rings is 1. The summed E-state index contributed by atoms with van der Waals surface area (Å²) in [4.78, 5) is 8.91. The summed E-state index contributed by atoms with van der Waals surface area (Å²) < 4.78 is 0. The Bertz CT molecular complexity index is 305. The normalized spacial score (nSPS) is 14.6. The molecule has 1 aromatic heterocycles. The molecule has 0 aliphatic carbocycles. The van der Waals surface area contributed by atoms with Crippen molar-refractivity contribution in [1.29, 1.82) is 0 Å². The van der Waals surface area contributed by atoms with E-state index >= 15 is 0 Å². The molecule has 0 N–H and O–H groups in total. The fourth-order valence-electron chi connectivity index (χ4n) is 2.20. The number of halogens is 3. The predicted molar refractivity (Wildman–Crippen MR) is 89.5 cm³/mol. The standard InChI is InChI=1S/C13H21N3.3ClH/c1-15(13-5-7-14-8-6-13)11-12-16-9-3-2-4-10-16;;;/h5-8H,2-4,9-12H2,1H3;3*1H. The van der Waals surface area contributed by atoms with Crippen molar-refractivity contribution in [2.45, 2.75) is 19.3 Å². The van der Waals surface area contributed by atoms with Crippen LogP contribution in [0.1, 0.15) is 19.3 Å². The fourth-order valence-corrected chi connectivity index (χ4v) is 2.20. The van der Waals surface area contributed by atoms with Gasteiger partial charge < -0.3 is 9.80 Å². The lowest BCUT2D eigenvalue weighted by molar-refractivity contribution is 0.234. The second-order valence-corrected chi connectivity index (χ2v) is 4.53. The number of pyridine rings is 1. The summed E-state index contributed by atoms with van der Waals surface area (Å²) in [5.41, 5.74) is 1.26. The highest BCUT2D eigenvalue weighted by Gasteiger charge is 2.10. The molecule has 2 heterocycles. The van der Waals surface area contributed by atoms with Gasteiger partial charge in [-0.2, -0.15) is 0 Å². The predicted octanol–water partition coefficient (Wildman–Crippen LogP) is 3.27. The zero-order chi connectivity index (χ0) is 11.2. The van der Waals surface area contributed by atoms with Crippen molar-refractivity contribution in [2.75, 3.05) is 38.1 Å². The van der Waals surface area contributed by atoms with E-state index in [9.17, 15) is 0 Å². The van der Waals surface area contributed by atoms with Crippen LogP contribution in [0.2, 0.25) is 0 Å². The first-order chi connectivity index (χ1) is 7.86. The third-order valence-corrected chi connectivity index (χ3v) is 3.30. The van der Waals surface area contributed by atoms with Gasteiger partial charge in [0.05, 0.1) is 0 Å². The molecule has 0 radical (unpaired) electrons. The second-order valence-electron chi connectivity index (χ2n) is 4.53. The van der Waals surface area contributed by atoms with Gasteiger partial charge in [0.25, 0.3) is 0 Å². The van der Waals surface area contributed by atoms with Crippen LogP contribution in [-0.2, 0) is 0 Å². The molecule has 0 atom stereocenters. The van der Waals surface area contributed by atoms with Gasteiger partial charge in [-0.25, -0.2) is 0 Å². The van der Waals surface area contributed by atoms with Crippen LogP contribution in [0, 0.1) is 0 Å². The van der Waals surface area contributed by atoms with Gasteiger partial charge in [0, 0.05) is 38.2 Å². The molecule has 0 unspecified atom stereocenters. The molecule has 0 saturated carbocycles. The quantitative estimate of drug-likeness (QED) is 0.845. The van der Waals surface area contributed by atoms with Crippen molar-refractivity contribution in [3.05, 3.63) is 24.5 Å². The Balaban J connectivity index is 0. The molecule has 1 fully saturated rings. The second kappa shape index (κ2) is 11.6. The lowest BCUT2D eigenvalue weighted by Gasteiger charge is -2.29. The number of hydrogen-bond donors (Lipinski definition) is 0. The Hall–Kier alpha value is -0.220. The molecule has 0 amide bonds. The largest absolute Gasteiger partial charge is 0.373 e. The zero-order valence-electron chi connectivity index (χ0n) is 11.3. The van der Waals surface area contributed by atoms with Crippen LogP contribution in [0.3, 0.4) is 0 Å². The Morgan fingerprint density at radius 1 is 1.05 bits per heavy atom. The molecular weight excluding hydrogens is 305 g/mol. The zero-order valence-corrected chi connectivity index (χ0v) is 13.8. The third-order valence-electron chi connectivity index (χ3n) is 3.30. The molecule has 3 nitrogen and oxygen atoms in total. The lowest BCUT2D eigenvalue weighted by Crippen LogP contribution is -2.36. The van der Waals surface area contributed by atoms with E-state index in [1.54, 1.807) is 0 Å². The summed E-state index contributed by atoms with van der Waals surface area (Å²) in [6.07, 6.45) is 7.87. The Labute approximate surface area is 135 Å². The van der Waals surface area contributed by atoms with Crippen LogP contribution in [0.4, 0.5) is 5.69 Å². The number of likely N-dealkylation sites (tertiary alicyclic amines) is 1. The Morgan fingerprint density at radius 2 is 1.63 bits per heavy atom. The molecule has 0 aromatic carbocycles. The molecule has 1 aliphatic rings. The highest BCUT2D eigenvalue weighted by atomic mass is 35.5. The summed E-state index contributed by atoms with van der Waals surface area (Å²) in [5, 5.41) is 0. The maximum Gasteiger partial charge on any atom is 0.0394 e. The molecule has 1 aromatic rings. The number of anilines is 1. The van der Waals surface area contributed by atoms with E-state index in [1.165, 1.54) is 44.6 Å². The van der Waals surface area contributed by atoms with Crippen LogP contribution in [0.25, 0.3) is 0 Å². The van der Waals surface area contributed by atoms with Gasteiger partial charge in [-0.05, 0) is 38.1 Å². The molecule has 1 aliphatic heterocycles. The van der Waals surface area contributed by atoms with Gasteiger partial charge >= 0.3 is 0 Å². The maximum absolute atomic E-state index is 4.04. The van der Waals surface area contributed by atoms with Crippen molar-refractivity contribution in [1.82, 2.24) is 9.88 Å². The van der Waals surface area contributed by atoms with Crippen LogP contribution < -0.4 is 4.90 Å². The van der Waals surface area contributed by atoms with Crippen molar-refractivity contribution in [3.8, 4) is 0 Å². The summed E-state index contributed by atoms with van der Waals surface area (Å²) in [6.45, 7) is 4.84. The number of aromatic nitrogens is 1. The summed E-state index contributed by atoms with van der Waals surface area (Å²) in [7, 11) is 2.15. The van der Waals surface area contributed by atoms with E-state index < -0.39 is 0 Å². The molecule has 2 rings (SSSR count). The van der Waals surface area contributed by atoms with Gasteiger partial charge in [0.2, 0.25) is 0 Å². The van der Waals surface area contributed by atoms with Crippen molar-refractivity contribution in [3.63, 3.8) is 0 Å². The van der Waals surface area contributed by atoms with E-state index in [2.05, 4.69) is 34.0 Å². The summed E-state index contributed by atoms with van der Waals surface area (Å²) in [6, 6.07) is 4.13. The number of hydrogen-bond acceptors (Lipinski definition) is 3. The summed E-state index contributed by atoms with van der Waals surface area (Å²) in [5.74, 6) is 0. The number of likely N-dealkylation sites (N-methyl/N-ethyl adjacent to an activating group) is 1. The van der Waals surface area contributed by atoms with E-state index in [4.69, 9.17) is 0 Å². The smallest absolute Gasteiger partial charge is 0.0394 e. The van der Waals surface area contributed by atoms with E-state index in [-0.39, 0.29) is 37.2 Å². The number of nitrogens with zero attached hydrogens (tertiary/aromatic N) is 3. The SMILES string of the molecule is CN(CCN1CCCCC1)c1ccncc1.Cl.Cl.Cl. The first-order valence-electron chi connectivity index (χ1n) is 6.20. The minimum atomic E-state index is 0. The average molecular weight is 329 g/mol. The molecule has 19 heavy (non-hydrogen) atoms. The minimum absolute atomic E-state index is 0. The molecule has 0 bridgehead atoms. The Kier molecular flexibility index (Phi) is 12.9. The highest BCUT2D eigenvalue weighted by molar-refractivity contribution is 5.86. The maximum atomic E-state index is 4.04. The number of rotatable bonds is 4. The minimum Gasteiger partial charge on any atom is -0.373 e. The van der Waals surface area contributed by atoms with Crippen molar-refractivity contribution >= 4 is 42.9 Å². The molecule has 6 heteroatoms. The molecule has 1 saturated heterocycles.